The van der Waals surface area contributed by atoms with Crippen LogP contribution in [-0.4, -0.2) is 44.4 Å². The predicted molar refractivity (Wildman–Crippen MR) is 93.7 cm³/mol. The van der Waals surface area contributed by atoms with Crippen molar-refractivity contribution in [3.8, 4) is 0 Å². The standard InChI is InChI=1S/C14H26N2O2S3/c1-5-7-15-10-13-9-14(11-20-13)21(17,18)16(3)12(2)6-8-19-4/h9,11-12,15H,5-8,10H2,1-4H3. The minimum absolute atomic E-state index is 0.0176. The summed E-state index contributed by atoms with van der Waals surface area (Å²) in [6.07, 6.45) is 3.98. The van der Waals surface area contributed by atoms with Crippen LogP contribution in [0, 0.1) is 0 Å². The molecule has 0 fully saturated rings. The van der Waals surface area contributed by atoms with Crippen LogP contribution in [0.4, 0.5) is 0 Å². The van der Waals surface area contributed by atoms with E-state index in [0.29, 0.717) is 4.90 Å². The normalized spacial score (nSPS) is 13.8. The summed E-state index contributed by atoms with van der Waals surface area (Å²) in [7, 11) is -1.70. The second-order valence-electron chi connectivity index (χ2n) is 5.08. The van der Waals surface area contributed by atoms with E-state index in [9.17, 15) is 8.42 Å². The fourth-order valence-corrected chi connectivity index (χ4v) is 5.05. The summed E-state index contributed by atoms with van der Waals surface area (Å²) < 4.78 is 26.7. The molecule has 1 aromatic heterocycles. The zero-order valence-electron chi connectivity index (χ0n) is 13.3. The van der Waals surface area contributed by atoms with Gasteiger partial charge in [-0.3, -0.25) is 0 Å². The minimum Gasteiger partial charge on any atom is -0.312 e. The maximum absolute atomic E-state index is 12.6. The topological polar surface area (TPSA) is 49.4 Å². The smallest absolute Gasteiger partial charge is 0.243 e. The molecule has 21 heavy (non-hydrogen) atoms. The fraction of sp³-hybridized carbons (Fsp3) is 0.714. The van der Waals surface area contributed by atoms with Crippen molar-refractivity contribution >= 4 is 33.1 Å². The molecular weight excluding hydrogens is 324 g/mol. The van der Waals surface area contributed by atoms with E-state index in [0.717, 1.165) is 36.6 Å². The number of thiophene rings is 1. The van der Waals surface area contributed by atoms with Crippen LogP contribution in [0.15, 0.2) is 16.3 Å². The van der Waals surface area contributed by atoms with Gasteiger partial charge in [0.25, 0.3) is 0 Å². The highest BCUT2D eigenvalue weighted by Gasteiger charge is 2.26. The predicted octanol–water partition coefficient (Wildman–Crippen LogP) is 3.01. The first-order valence-electron chi connectivity index (χ1n) is 7.18. The molecule has 7 heteroatoms. The molecule has 0 bridgehead atoms. The summed E-state index contributed by atoms with van der Waals surface area (Å²) in [6, 6.07) is 1.81. The van der Waals surface area contributed by atoms with Crippen molar-refractivity contribution in [1.82, 2.24) is 9.62 Å². The van der Waals surface area contributed by atoms with Gasteiger partial charge in [-0.2, -0.15) is 16.1 Å². The Bertz CT molecular complexity index is 514. The lowest BCUT2D eigenvalue weighted by atomic mass is 10.3. The molecule has 0 amide bonds. The van der Waals surface area contributed by atoms with Crippen molar-refractivity contribution in [1.29, 1.82) is 0 Å². The summed E-state index contributed by atoms with van der Waals surface area (Å²) in [6.45, 7) is 5.76. The van der Waals surface area contributed by atoms with Crippen LogP contribution in [0.25, 0.3) is 0 Å². The van der Waals surface area contributed by atoms with Gasteiger partial charge in [0.15, 0.2) is 0 Å². The molecule has 0 saturated heterocycles. The summed E-state index contributed by atoms with van der Waals surface area (Å²) >= 11 is 3.24. The highest BCUT2D eigenvalue weighted by molar-refractivity contribution is 7.98. The van der Waals surface area contributed by atoms with E-state index in [1.165, 1.54) is 15.6 Å². The van der Waals surface area contributed by atoms with Gasteiger partial charge >= 0.3 is 0 Å². The van der Waals surface area contributed by atoms with Crippen LogP contribution in [0.3, 0.4) is 0 Å². The Kier molecular flexibility index (Phi) is 8.26. The summed E-state index contributed by atoms with van der Waals surface area (Å²) in [5, 5.41) is 5.04. The van der Waals surface area contributed by atoms with Gasteiger partial charge < -0.3 is 5.32 Å². The number of thioether (sulfide) groups is 1. The van der Waals surface area contributed by atoms with Crippen molar-refractivity contribution in [3.05, 3.63) is 16.3 Å². The maximum atomic E-state index is 12.6. The first kappa shape index (κ1) is 19.0. The molecule has 0 aliphatic heterocycles. The van der Waals surface area contributed by atoms with Crippen LogP contribution in [0.2, 0.25) is 0 Å². The Hall–Kier alpha value is -0.0800. The third kappa shape index (κ3) is 5.56. The van der Waals surface area contributed by atoms with Gasteiger partial charge in [0, 0.05) is 29.9 Å². The number of sulfonamides is 1. The van der Waals surface area contributed by atoms with Gasteiger partial charge in [-0.25, -0.2) is 8.42 Å². The molecule has 1 aromatic rings. The number of nitrogens with zero attached hydrogens (tertiary/aromatic N) is 1. The number of nitrogens with one attached hydrogen (secondary N) is 1. The molecule has 1 unspecified atom stereocenters. The summed E-state index contributed by atoms with van der Waals surface area (Å²) in [4.78, 5) is 1.48. The van der Waals surface area contributed by atoms with E-state index < -0.39 is 10.0 Å². The molecular formula is C14H26N2O2S3. The molecule has 0 saturated carbocycles. The zero-order valence-corrected chi connectivity index (χ0v) is 15.7. The van der Waals surface area contributed by atoms with Crippen LogP contribution >= 0.6 is 23.1 Å². The van der Waals surface area contributed by atoms with Gasteiger partial charge in [-0.05, 0) is 44.4 Å². The second kappa shape index (κ2) is 9.15. The van der Waals surface area contributed by atoms with Crippen LogP contribution in [0.1, 0.15) is 31.6 Å². The van der Waals surface area contributed by atoms with Gasteiger partial charge in [0.2, 0.25) is 10.0 Å². The van der Waals surface area contributed by atoms with Gasteiger partial charge in [-0.1, -0.05) is 6.92 Å². The highest BCUT2D eigenvalue weighted by Crippen LogP contribution is 2.24. The van der Waals surface area contributed by atoms with E-state index >= 15 is 0 Å². The van der Waals surface area contributed by atoms with E-state index in [4.69, 9.17) is 0 Å². The van der Waals surface area contributed by atoms with E-state index in [1.54, 1.807) is 30.3 Å². The first-order chi connectivity index (χ1) is 9.93. The Labute approximate surface area is 137 Å². The molecule has 0 aromatic carbocycles. The summed E-state index contributed by atoms with van der Waals surface area (Å²) in [5.74, 6) is 0.969. The lowest BCUT2D eigenvalue weighted by Crippen LogP contribution is -2.35. The third-order valence-electron chi connectivity index (χ3n) is 3.39. The van der Waals surface area contributed by atoms with Gasteiger partial charge in [0.1, 0.15) is 0 Å². The van der Waals surface area contributed by atoms with E-state index in [1.807, 2.05) is 13.2 Å². The Morgan fingerprint density at radius 1 is 1.48 bits per heavy atom. The quantitative estimate of drug-likeness (QED) is 0.659. The molecule has 0 aliphatic rings. The van der Waals surface area contributed by atoms with Crippen LogP contribution in [0.5, 0.6) is 0 Å². The average Bonchev–Trinajstić information content (AvgIpc) is 2.93. The fourth-order valence-electron chi connectivity index (χ4n) is 1.85. The SMILES string of the molecule is CCCNCc1cc(S(=O)(=O)N(C)C(C)CCSC)cs1. The molecule has 0 spiro atoms. The van der Waals surface area contributed by atoms with Gasteiger partial charge in [0.05, 0.1) is 4.90 Å². The van der Waals surface area contributed by atoms with E-state index in [2.05, 4.69) is 12.2 Å². The lowest BCUT2D eigenvalue weighted by molar-refractivity contribution is 0.382. The van der Waals surface area contributed by atoms with Crippen molar-refractivity contribution in [2.75, 3.05) is 25.6 Å². The Morgan fingerprint density at radius 3 is 2.81 bits per heavy atom. The van der Waals surface area contributed by atoms with Gasteiger partial charge in [-0.15, -0.1) is 11.3 Å². The molecule has 0 radical (unpaired) electrons. The molecule has 4 nitrogen and oxygen atoms in total. The minimum atomic E-state index is -3.37. The van der Waals surface area contributed by atoms with E-state index in [-0.39, 0.29) is 6.04 Å². The number of rotatable bonds is 10. The molecule has 1 rings (SSSR count). The monoisotopic (exact) mass is 350 g/mol. The molecule has 1 atom stereocenters. The second-order valence-corrected chi connectivity index (χ2v) is 9.06. The average molecular weight is 351 g/mol. The largest absolute Gasteiger partial charge is 0.312 e. The van der Waals surface area contributed by atoms with Crippen LogP contribution in [-0.2, 0) is 16.6 Å². The van der Waals surface area contributed by atoms with Crippen molar-refractivity contribution in [2.24, 2.45) is 0 Å². The summed E-state index contributed by atoms with van der Waals surface area (Å²) in [5.41, 5.74) is 0. The molecule has 0 aliphatic carbocycles. The van der Waals surface area contributed by atoms with Crippen molar-refractivity contribution in [3.63, 3.8) is 0 Å². The first-order valence-corrected chi connectivity index (χ1v) is 10.9. The molecule has 1 N–H and O–H groups in total. The Balaban J connectivity index is 2.73. The van der Waals surface area contributed by atoms with Crippen molar-refractivity contribution < 1.29 is 8.42 Å². The lowest BCUT2D eigenvalue weighted by Gasteiger charge is -2.23. The molecule has 122 valence electrons. The van der Waals surface area contributed by atoms with Crippen LogP contribution < -0.4 is 5.32 Å². The van der Waals surface area contributed by atoms with Crippen molar-refractivity contribution in [2.45, 2.75) is 44.2 Å². The molecule has 1 heterocycles. The Morgan fingerprint density at radius 2 is 2.19 bits per heavy atom. The third-order valence-corrected chi connectivity index (χ3v) is 7.07. The maximum Gasteiger partial charge on any atom is 0.243 e. The zero-order chi connectivity index (χ0) is 15.9. The number of hydrogen-bond acceptors (Lipinski definition) is 5. The number of hydrogen-bond donors (Lipinski definition) is 1. The highest BCUT2D eigenvalue weighted by atomic mass is 32.2.